The van der Waals surface area contributed by atoms with E-state index in [0.717, 1.165) is 0 Å². The van der Waals surface area contributed by atoms with E-state index in [2.05, 4.69) is 9.97 Å². The SMILES string of the molecule is CCC1(c2cccc(Oc3nc(OC)cc(OC)n3)c2C(=O)C(C)(C)C)OCCO1. The molecule has 0 bridgehead atoms. The Kier molecular flexibility index (Phi) is 6.28. The summed E-state index contributed by atoms with van der Waals surface area (Å²) in [6, 6.07) is 6.88. The molecule has 3 rings (SSSR count). The molecule has 1 aliphatic rings. The van der Waals surface area contributed by atoms with Crippen LogP contribution in [0, 0.1) is 5.41 Å². The van der Waals surface area contributed by atoms with Gasteiger partial charge >= 0.3 is 6.01 Å². The van der Waals surface area contributed by atoms with Crippen LogP contribution in [0.3, 0.4) is 0 Å². The van der Waals surface area contributed by atoms with Gasteiger partial charge in [-0.05, 0) is 6.07 Å². The van der Waals surface area contributed by atoms with Gasteiger partial charge in [0.25, 0.3) is 0 Å². The molecule has 162 valence electrons. The Morgan fingerprint density at radius 2 is 1.70 bits per heavy atom. The average molecular weight is 416 g/mol. The van der Waals surface area contributed by atoms with Crippen molar-refractivity contribution in [3.8, 4) is 23.5 Å². The Bertz CT molecular complexity index is 894. The van der Waals surface area contributed by atoms with Gasteiger partial charge in [0.15, 0.2) is 11.6 Å². The third kappa shape index (κ3) is 4.24. The standard InChI is InChI=1S/C22H28N2O6/c1-7-22(28-11-12-29-22)14-9-8-10-15(18(14)19(25)21(2,3)4)30-20-23-16(26-5)13-17(24-20)27-6/h8-10,13H,7,11-12H2,1-6H3. The van der Waals surface area contributed by atoms with E-state index < -0.39 is 11.2 Å². The Morgan fingerprint density at radius 1 is 1.10 bits per heavy atom. The van der Waals surface area contributed by atoms with E-state index in [1.807, 2.05) is 33.8 Å². The zero-order valence-electron chi connectivity index (χ0n) is 18.3. The van der Waals surface area contributed by atoms with Crippen molar-refractivity contribution >= 4 is 5.78 Å². The molecule has 0 radical (unpaired) electrons. The van der Waals surface area contributed by atoms with Crippen LogP contribution in [0.25, 0.3) is 0 Å². The summed E-state index contributed by atoms with van der Waals surface area (Å²) in [6.45, 7) is 8.44. The molecule has 0 aliphatic carbocycles. The van der Waals surface area contributed by atoms with Gasteiger partial charge in [-0.25, -0.2) is 0 Å². The van der Waals surface area contributed by atoms with Crippen LogP contribution in [0.15, 0.2) is 24.3 Å². The molecule has 30 heavy (non-hydrogen) atoms. The van der Waals surface area contributed by atoms with Gasteiger partial charge in [0.2, 0.25) is 11.8 Å². The van der Waals surface area contributed by atoms with Crippen LogP contribution in [0.1, 0.15) is 50.0 Å². The first-order valence-electron chi connectivity index (χ1n) is 9.85. The van der Waals surface area contributed by atoms with Crippen molar-refractivity contribution in [2.45, 2.75) is 39.9 Å². The molecule has 0 amide bonds. The highest BCUT2D eigenvalue weighted by atomic mass is 16.7. The second-order valence-corrected chi connectivity index (χ2v) is 7.90. The molecule has 8 heteroatoms. The molecule has 1 aromatic heterocycles. The molecule has 2 aromatic rings. The summed E-state index contributed by atoms with van der Waals surface area (Å²) in [6.07, 6.45) is 0.546. The van der Waals surface area contributed by atoms with E-state index in [4.69, 9.17) is 23.7 Å². The van der Waals surface area contributed by atoms with Crippen molar-refractivity contribution in [1.29, 1.82) is 0 Å². The van der Waals surface area contributed by atoms with E-state index in [1.165, 1.54) is 20.3 Å². The summed E-state index contributed by atoms with van der Waals surface area (Å²) in [5, 5.41) is 0. The van der Waals surface area contributed by atoms with Crippen LogP contribution in [0.2, 0.25) is 0 Å². The second kappa shape index (κ2) is 8.57. The predicted octanol–water partition coefficient (Wildman–Crippen LogP) is 4.12. The van der Waals surface area contributed by atoms with Crippen molar-refractivity contribution in [3.63, 3.8) is 0 Å². The number of nitrogens with zero attached hydrogens (tertiary/aromatic N) is 2. The summed E-state index contributed by atoms with van der Waals surface area (Å²) in [7, 11) is 2.97. The van der Waals surface area contributed by atoms with Crippen molar-refractivity contribution in [2.24, 2.45) is 5.41 Å². The summed E-state index contributed by atoms with van der Waals surface area (Å²) in [5.41, 5.74) is 0.364. The number of carbonyl (C=O) groups excluding carboxylic acids is 1. The Hall–Kier alpha value is -2.71. The molecule has 0 N–H and O–H groups in total. The maximum atomic E-state index is 13.5. The minimum atomic E-state index is -0.997. The normalized spacial score (nSPS) is 15.7. The molecule has 0 unspecified atom stereocenters. The molecule has 1 saturated heterocycles. The van der Waals surface area contributed by atoms with Crippen molar-refractivity contribution in [3.05, 3.63) is 35.4 Å². The Balaban J connectivity index is 2.15. The summed E-state index contributed by atoms with van der Waals surface area (Å²) >= 11 is 0. The fourth-order valence-corrected chi connectivity index (χ4v) is 3.28. The lowest BCUT2D eigenvalue weighted by atomic mass is 9.82. The minimum absolute atomic E-state index is 0.00474. The lowest BCUT2D eigenvalue weighted by Gasteiger charge is -2.30. The number of benzene rings is 1. The third-order valence-corrected chi connectivity index (χ3v) is 4.84. The summed E-state index contributed by atoms with van der Waals surface area (Å²) < 4.78 is 28.3. The second-order valence-electron chi connectivity index (χ2n) is 7.90. The topological polar surface area (TPSA) is 89.0 Å². The zero-order valence-corrected chi connectivity index (χ0v) is 18.3. The van der Waals surface area contributed by atoms with Crippen LogP contribution in [0.4, 0.5) is 0 Å². The largest absolute Gasteiger partial charge is 0.481 e. The van der Waals surface area contributed by atoms with Gasteiger partial charge in [0, 0.05) is 17.4 Å². The number of hydrogen-bond acceptors (Lipinski definition) is 8. The fraction of sp³-hybridized carbons (Fsp3) is 0.500. The first kappa shape index (κ1) is 22.0. The number of Topliss-reactive ketones (excluding diaryl/α,β-unsaturated/α-hetero) is 1. The lowest BCUT2D eigenvalue weighted by Crippen LogP contribution is -2.31. The van der Waals surface area contributed by atoms with Crippen molar-refractivity contribution in [1.82, 2.24) is 9.97 Å². The highest BCUT2D eigenvalue weighted by Crippen LogP contribution is 2.42. The van der Waals surface area contributed by atoms with Crippen LogP contribution in [0.5, 0.6) is 23.5 Å². The molecular weight excluding hydrogens is 388 g/mol. The van der Waals surface area contributed by atoms with E-state index in [9.17, 15) is 4.79 Å². The van der Waals surface area contributed by atoms with Crippen LogP contribution in [-0.4, -0.2) is 43.2 Å². The molecule has 0 saturated carbocycles. The molecule has 0 atom stereocenters. The van der Waals surface area contributed by atoms with Gasteiger partial charge in [-0.2, -0.15) is 9.97 Å². The summed E-state index contributed by atoms with van der Waals surface area (Å²) in [5.74, 6) is -0.222. The molecule has 1 aromatic carbocycles. The molecule has 1 fully saturated rings. The van der Waals surface area contributed by atoms with Crippen molar-refractivity contribution < 1.29 is 28.5 Å². The minimum Gasteiger partial charge on any atom is -0.481 e. The highest BCUT2D eigenvalue weighted by molar-refractivity contribution is 6.03. The van der Waals surface area contributed by atoms with Gasteiger partial charge in [0.05, 0.1) is 39.1 Å². The van der Waals surface area contributed by atoms with Crippen LogP contribution < -0.4 is 14.2 Å². The third-order valence-electron chi connectivity index (χ3n) is 4.84. The quantitative estimate of drug-likeness (QED) is 0.623. The predicted molar refractivity (Wildman–Crippen MR) is 109 cm³/mol. The van der Waals surface area contributed by atoms with E-state index in [-0.39, 0.29) is 23.6 Å². The van der Waals surface area contributed by atoms with Gasteiger partial charge in [0.1, 0.15) is 5.75 Å². The average Bonchev–Trinajstić information content (AvgIpc) is 3.22. The van der Waals surface area contributed by atoms with Crippen LogP contribution in [-0.2, 0) is 15.3 Å². The molecule has 0 spiro atoms. The van der Waals surface area contributed by atoms with E-state index >= 15 is 0 Å². The highest BCUT2D eigenvalue weighted by Gasteiger charge is 2.42. The van der Waals surface area contributed by atoms with Crippen molar-refractivity contribution in [2.75, 3.05) is 27.4 Å². The van der Waals surface area contributed by atoms with Gasteiger partial charge in [-0.1, -0.05) is 39.8 Å². The molecule has 2 heterocycles. The number of hydrogen-bond donors (Lipinski definition) is 0. The maximum absolute atomic E-state index is 13.5. The number of ketones is 1. The number of ether oxygens (including phenoxy) is 5. The van der Waals surface area contributed by atoms with Gasteiger partial charge in [-0.15, -0.1) is 0 Å². The molecular formula is C22H28N2O6. The number of carbonyl (C=O) groups is 1. The lowest BCUT2D eigenvalue weighted by molar-refractivity contribution is -0.167. The van der Waals surface area contributed by atoms with Gasteiger partial charge < -0.3 is 23.7 Å². The Labute approximate surface area is 176 Å². The number of aromatic nitrogens is 2. The molecule has 1 aliphatic heterocycles. The first-order chi connectivity index (χ1) is 14.2. The fourth-order valence-electron chi connectivity index (χ4n) is 3.28. The maximum Gasteiger partial charge on any atom is 0.328 e. The van der Waals surface area contributed by atoms with Gasteiger partial charge in [-0.3, -0.25) is 4.79 Å². The van der Waals surface area contributed by atoms with E-state index in [1.54, 1.807) is 12.1 Å². The van der Waals surface area contributed by atoms with Crippen LogP contribution >= 0.6 is 0 Å². The van der Waals surface area contributed by atoms with E-state index in [0.29, 0.717) is 36.5 Å². The summed E-state index contributed by atoms with van der Waals surface area (Å²) in [4.78, 5) is 21.9. The molecule has 8 nitrogen and oxygen atoms in total. The Morgan fingerprint density at radius 3 is 2.20 bits per heavy atom. The number of rotatable bonds is 7. The zero-order chi connectivity index (χ0) is 21.9. The number of methoxy groups -OCH3 is 2. The smallest absolute Gasteiger partial charge is 0.328 e. The monoisotopic (exact) mass is 416 g/mol. The first-order valence-corrected chi connectivity index (χ1v) is 9.85.